The molecular formula is C87H122N12O14. The molecular weight excluding hydrogens is 1440 g/mol. The van der Waals surface area contributed by atoms with Gasteiger partial charge in [0.2, 0.25) is 0 Å². The van der Waals surface area contributed by atoms with E-state index in [2.05, 4.69) is 108 Å². The highest BCUT2D eigenvalue weighted by Crippen LogP contribution is 2.38. The van der Waals surface area contributed by atoms with Crippen molar-refractivity contribution < 1.29 is 67.4 Å². The number of nitrogens with one attached hydrogen (secondary N) is 9. The normalized spacial score (nSPS) is 13.2. The average Bonchev–Trinajstić information content (AvgIpc) is 1.65. The van der Waals surface area contributed by atoms with Crippen LogP contribution in [0.5, 0.6) is 0 Å². The Bertz CT molecular complexity index is 4340. The lowest BCUT2D eigenvalue weighted by Gasteiger charge is -2.18. The van der Waals surface area contributed by atoms with E-state index < -0.39 is 11.9 Å². The van der Waals surface area contributed by atoms with E-state index in [-0.39, 0.29) is 146 Å². The molecule has 614 valence electrons. The Morgan fingerprint density at radius 2 is 0.690 bits per heavy atom. The number of benzene rings is 3. The largest absolute Gasteiger partial charge is 0.481 e. The SMILES string of the molecule is C.C.C.C.CCN(CC)CCNC(=O)c1c(C)[nH]c(/C=C2\C(=O)Nc3ccc(CC(=O)CCC(=O)O)cc32)c1C.CCN(CC)CCNC(=O)c1c(C)[nH]c(/C=C2\C(=O)Nc3ccc(CC(=O)CCC(=O)OC)cc32)c1C.CCN(CC)CCNC(=O)c1c(C)[nH]c(/C=C2\C(=O)Nc3ccc(CC(=O)CCC(C)=O)cc32)c1C. The summed E-state index contributed by atoms with van der Waals surface area (Å²) in [6, 6.07) is 16.1. The van der Waals surface area contributed by atoms with Crippen molar-refractivity contribution in [2.24, 2.45) is 0 Å². The molecule has 3 aromatic carbocycles. The van der Waals surface area contributed by atoms with Gasteiger partial charge in [-0.15, -0.1) is 0 Å². The fourth-order valence-electron chi connectivity index (χ4n) is 13.4. The van der Waals surface area contributed by atoms with Crippen LogP contribution in [0.1, 0.15) is 232 Å². The highest BCUT2D eigenvalue weighted by atomic mass is 16.5. The van der Waals surface area contributed by atoms with Crippen LogP contribution in [-0.2, 0) is 67.2 Å². The number of ether oxygens (including phenoxy) is 1. The third kappa shape index (κ3) is 26.1. The number of aliphatic carboxylic acids is 1. The number of H-pyrrole nitrogens is 3. The molecule has 0 spiro atoms. The Hall–Kier alpha value is -11.0. The number of carbonyl (C=O) groups excluding carboxylic acids is 11. The predicted octanol–water partition coefficient (Wildman–Crippen LogP) is 12.7. The van der Waals surface area contributed by atoms with Gasteiger partial charge in [0.1, 0.15) is 23.1 Å². The standard InChI is InChI=1S/C28H36N4O5.C28H36N4O4.C27H34N4O5.4CH4/c1-6-32(7-2)13-12-29-28(36)26-17(3)24(30-18(26)4)16-22-21-15-19(8-10-23(21)31-27(22)35)14-20(33)9-11-25(34)37-5;1-6-32(7-2)13-12-29-28(36)26-18(4)25(30-19(26)5)16-23-22-15-20(9-11-24(22)31-27(23)35)14-21(34)10-8-17(3)33;1-5-31(6-2)12-11-28-27(36)25-16(3)23(29-17(25)4)15-21-20-14-18(7-9-22(20)30-26(21)35)13-19(32)8-10-24(33)34;;;;/h8,10,15-16,30H,6-7,9,11-14H2,1-5H3,(H,29,36)(H,31,35);9,11,15-16,30H,6-8,10,12-14H2,1-5H3,(H,29,36)(H,31,35);7,9,14-15,29H,5-6,8,10-13H2,1-4H3,(H,28,36)(H,30,35)(H,33,34);4*1H4/b22-16-;23-16-;21-15-;;;;. The smallest absolute Gasteiger partial charge is 0.305 e. The van der Waals surface area contributed by atoms with Gasteiger partial charge < -0.3 is 76.2 Å². The molecule has 6 aromatic rings. The molecule has 0 atom stereocenters. The number of ketones is 4. The van der Waals surface area contributed by atoms with Crippen molar-refractivity contribution in [3.05, 3.63) is 156 Å². The van der Waals surface area contributed by atoms with Gasteiger partial charge in [-0.05, 0) is 176 Å². The molecule has 26 heteroatoms. The Morgan fingerprint density at radius 1 is 0.416 bits per heavy atom. The van der Waals surface area contributed by atoms with Crippen molar-refractivity contribution in [2.45, 2.75) is 178 Å². The first-order valence-corrected chi connectivity index (χ1v) is 37.4. The summed E-state index contributed by atoms with van der Waals surface area (Å²) < 4.78 is 4.59. The van der Waals surface area contributed by atoms with Gasteiger partial charge in [0, 0.05) is 152 Å². The molecule has 0 saturated carbocycles. The molecule has 10 N–H and O–H groups in total. The van der Waals surface area contributed by atoms with Crippen LogP contribution in [0.15, 0.2) is 54.6 Å². The monoisotopic (exact) mass is 1560 g/mol. The zero-order valence-electron chi connectivity index (χ0n) is 65.4. The molecule has 0 radical (unpaired) electrons. The lowest BCUT2D eigenvalue weighted by Crippen LogP contribution is -2.35. The van der Waals surface area contributed by atoms with Crippen LogP contribution in [0.3, 0.4) is 0 Å². The topological polar surface area (TPSA) is 364 Å². The molecule has 0 unspecified atom stereocenters. The van der Waals surface area contributed by atoms with Crippen molar-refractivity contribution in [2.75, 3.05) is 102 Å². The number of hydrogen-bond acceptors (Lipinski definition) is 16. The number of carboxylic acid groups (broad SMARTS) is 1. The van der Waals surface area contributed by atoms with E-state index in [0.717, 1.165) is 104 Å². The van der Waals surface area contributed by atoms with Gasteiger partial charge in [0.05, 0.1) is 53.4 Å². The molecule has 0 aliphatic carbocycles. The van der Waals surface area contributed by atoms with Gasteiger partial charge in [0.25, 0.3) is 35.4 Å². The van der Waals surface area contributed by atoms with Crippen molar-refractivity contribution in [3.8, 4) is 0 Å². The number of aryl methyl sites for hydroxylation is 3. The van der Waals surface area contributed by atoms with Crippen LogP contribution in [0.4, 0.5) is 17.1 Å². The fraction of sp³-hybridized carbons (Fsp3) is 0.448. The highest BCUT2D eigenvalue weighted by molar-refractivity contribution is 6.36. The number of amides is 6. The summed E-state index contributed by atoms with van der Waals surface area (Å²) in [5.74, 6) is -2.90. The number of carboxylic acids is 1. The van der Waals surface area contributed by atoms with Gasteiger partial charge in [-0.3, -0.25) is 52.7 Å². The van der Waals surface area contributed by atoms with E-state index >= 15 is 0 Å². The quantitative estimate of drug-likeness (QED) is 0.0129. The molecule has 3 aliphatic heterocycles. The number of hydrogen-bond donors (Lipinski definition) is 10. The second-order valence-corrected chi connectivity index (χ2v) is 27.3. The number of fused-ring (bicyclic) bond motifs is 3. The minimum atomic E-state index is -1.01. The number of likely N-dealkylation sites (N-methyl/N-ethyl adjacent to an activating group) is 3. The summed E-state index contributed by atoms with van der Waals surface area (Å²) in [5, 5.41) is 26.3. The molecule has 3 aromatic heterocycles. The Kier molecular flexibility index (Phi) is 38.8. The maximum atomic E-state index is 12.9. The van der Waals surface area contributed by atoms with Crippen LogP contribution in [0.2, 0.25) is 0 Å². The summed E-state index contributed by atoms with van der Waals surface area (Å²) >= 11 is 0. The Morgan fingerprint density at radius 3 is 0.947 bits per heavy atom. The van der Waals surface area contributed by atoms with Gasteiger partial charge in [-0.2, -0.15) is 0 Å². The number of nitrogens with zero attached hydrogens (tertiary/aromatic N) is 3. The number of anilines is 3. The Labute approximate surface area is 667 Å². The molecule has 0 saturated heterocycles. The second kappa shape index (κ2) is 45.5. The van der Waals surface area contributed by atoms with Gasteiger partial charge >= 0.3 is 11.9 Å². The minimum absolute atomic E-state index is 0. The lowest BCUT2D eigenvalue weighted by atomic mass is 9.98. The van der Waals surface area contributed by atoms with E-state index in [1.807, 2.05) is 59.7 Å². The summed E-state index contributed by atoms with van der Waals surface area (Å²) in [6.07, 6.45) is 6.07. The minimum Gasteiger partial charge on any atom is -0.481 e. The molecule has 6 amide bonds. The first-order chi connectivity index (χ1) is 52.0. The second-order valence-electron chi connectivity index (χ2n) is 27.3. The van der Waals surface area contributed by atoms with Crippen molar-refractivity contribution in [1.82, 2.24) is 45.6 Å². The van der Waals surface area contributed by atoms with Crippen molar-refractivity contribution >= 4 is 123 Å². The summed E-state index contributed by atoms with van der Waals surface area (Å²) in [4.78, 5) is 163. The number of Topliss-reactive ketones (excluding diaryl/α,β-unsaturated/α-hetero) is 4. The van der Waals surface area contributed by atoms with Crippen LogP contribution >= 0.6 is 0 Å². The number of aromatic amines is 3. The summed E-state index contributed by atoms with van der Waals surface area (Å²) in [6.45, 7) is 34.7. The predicted molar refractivity (Wildman–Crippen MR) is 451 cm³/mol. The highest BCUT2D eigenvalue weighted by Gasteiger charge is 2.31. The van der Waals surface area contributed by atoms with Crippen molar-refractivity contribution in [1.29, 1.82) is 0 Å². The lowest BCUT2D eigenvalue weighted by molar-refractivity contribution is -0.142. The van der Waals surface area contributed by atoms with Gasteiger partial charge in [-0.25, -0.2) is 0 Å². The number of methoxy groups -OCH3 is 1. The number of carbonyl (C=O) groups is 12. The fourth-order valence-corrected chi connectivity index (χ4v) is 13.4. The molecule has 26 nitrogen and oxygen atoms in total. The molecule has 9 rings (SSSR count). The van der Waals surface area contributed by atoms with Gasteiger partial charge in [0.15, 0.2) is 0 Å². The third-order valence-corrected chi connectivity index (χ3v) is 19.8. The van der Waals surface area contributed by atoms with Crippen LogP contribution in [-0.4, -0.2) is 191 Å². The van der Waals surface area contributed by atoms with Crippen LogP contribution in [0, 0.1) is 41.5 Å². The van der Waals surface area contributed by atoms with Gasteiger partial charge in [-0.1, -0.05) is 89.4 Å². The number of aromatic nitrogens is 3. The maximum absolute atomic E-state index is 12.9. The number of rotatable bonds is 36. The van der Waals surface area contributed by atoms with Crippen LogP contribution < -0.4 is 31.9 Å². The molecule has 0 bridgehead atoms. The molecule has 3 aliphatic rings. The third-order valence-electron chi connectivity index (χ3n) is 19.8. The van der Waals surface area contributed by atoms with Crippen LogP contribution in [0.25, 0.3) is 34.9 Å². The maximum Gasteiger partial charge on any atom is 0.305 e. The van der Waals surface area contributed by atoms with Crippen molar-refractivity contribution in [3.63, 3.8) is 0 Å². The average molecular weight is 1560 g/mol. The first kappa shape index (κ1) is 96.2. The first-order valence-electron chi connectivity index (χ1n) is 37.4. The van der Waals surface area contributed by atoms with E-state index in [1.165, 1.54) is 14.0 Å². The number of esters is 1. The zero-order valence-corrected chi connectivity index (χ0v) is 65.4. The Balaban J connectivity index is 0.000000431. The molecule has 0 fully saturated rings. The van der Waals surface area contributed by atoms with E-state index in [0.29, 0.717) is 109 Å². The van der Waals surface area contributed by atoms with E-state index in [4.69, 9.17) is 5.11 Å². The van der Waals surface area contributed by atoms with E-state index in [9.17, 15) is 57.5 Å². The summed E-state index contributed by atoms with van der Waals surface area (Å²) in [7, 11) is 1.29. The van der Waals surface area contributed by atoms with E-state index in [1.54, 1.807) is 54.6 Å². The zero-order chi connectivity index (χ0) is 79.9. The molecule has 113 heavy (non-hydrogen) atoms. The molecule has 6 heterocycles. The summed E-state index contributed by atoms with van der Waals surface area (Å²) in [5.41, 5.74) is 15.9.